The molecule has 1 aliphatic rings. The standard InChI is InChI=1S/C14H14N2O3/c1-16-12-7-8(9-5-10(17)6-9)3-4-11(12)13(15-16)14(18)19-2/h3-4,7,9H,5-6H2,1-2H3. The van der Waals surface area contributed by atoms with Crippen molar-refractivity contribution in [2.45, 2.75) is 18.8 Å². The van der Waals surface area contributed by atoms with E-state index in [4.69, 9.17) is 4.74 Å². The van der Waals surface area contributed by atoms with Crippen LogP contribution >= 0.6 is 0 Å². The lowest BCUT2D eigenvalue weighted by atomic mass is 9.79. The van der Waals surface area contributed by atoms with E-state index in [1.54, 1.807) is 11.7 Å². The Hall–Kier alpha value is -2.17. The third-order valence-electron chi connectivity index (χ3n) is 3.67. The zero-order valence-electron chi connectivity index (χ0n) is 10.8. The van der Waals surface area contributed by atoms with Crippen LogP contribution in [0.4, 0.5) is 0 Å². The summed E-state index contributed by atoms with van der Waals surface area (Å²) in [6.07, 6.45) is 1.24. The summed E-state index contributed by atoms with van der Waals surface area (Å²) in [5.41, 5.74) is 2.35. The average Bonchev–Trinajstić information content (AvgIpc) is 2.71. The second-order valence-electron chi connectivity index (χ2n) is 4.88. The lowest BCUT2D eigenvalue weighted by Crippen LogP contribution is -2.21. The predicted octanol–water partition coefficient (Wildman–Crippen LogP) is 1.81. The summed E-state index contributed by atoms with van der Waals surface area (Å²) >= 11 is 0. The van der Waals surface area contributed by atoms with Crippen molar-refractivity contribution in [2.24, 2.45) is 7.05 Å². The number of aromatic nitrogens is 2. The molecular weight excluding hydrogens is 244 g/mol. The van der Waals surface area contributed by atoms with Gasteiger partial charge >= 0.3 is 5.97 Å². The number of fused-ring (bicyclic) bond motifs is 1. The van der Waals surface area contributed by atoms with Gasteiger partial charge in [0.15, 0.2) is 5.69 Å². The van der Waals surface area contributed by atoms with Gasteiger partial charge < -0.3 is 4.74 Å². The Balaban J connectivity index is 2.06. The first-order valence-corrected chi connectivity index (χ1v) is 6.17. The molecule has 98 valence electrons. The summed E-state index contributed by atoms with van der Waals surface area (Å²) in [5.74, 6) is 0.191. The maximum atomic E-state index is 11.6. The van der Waals surface area contributed by atoms with Crippen molar-refractivity contribution in [2.75, 3.05) is 7.11 Å². The first-order valence-electron chi connectivity index (χ1n) is 6.17. The first kappa shape index (κ1) is 11.9. The molecule has 3 rings (SSSR count). The summed E-state index contributed by atoms with van der Waals surface area (Å²) in [5, 5.41) is 4.98. The molecule has 19 heavy (non-hydrogen) atoms. The number of rotatable bonds is 2. The van der Waals surface area contributed by atoms with Crippen LogP contribution in [0.2, 0.25) is 0 Å². The maximum absolute atomic E-state index is 11.6. The molecule has 1 aromatic heterocycles. The van der Waals surface area contributed by atoms with Crippen LogP contribution in [0.5, 0.6) is 0 Å². The third-order valence-corrected chi connectivity index (χ3v) is 3.67. The Morgan fingerprint density at radius 2 is 2.16 bits per heavy atom. The molecule has 1 aromatic carbocycles. The van der Waals surface area contributed by atoms with Crippen molar-refractivity contribution < 1.29 is 14.3 Å². The van der Waals surface area contributed by atoms with E-state index in [2.05, 4.69) is 5.10 Å². The highest BCUT2D eigenvalue weighted by molar-refractivity contribution is 6.02. The lowest BCUT2D eigenvalue weighted by molar-refractivity contribution is -0.124. The van der Waals surface area contributed by atoms with Crippen molar-refractivity contribution in [1.29, 1.82) is 0 Å². The van der Waals surface area contributed by atoms with E-state index in [0.717, 1.165) is 16.5 Å². The van der Waals surface area contributed by atoms with Crippen LogP contribution in [0.15, 0.2) is 18.2 Å². The molecule has 1 aliphatic carbocycles. The molecule has 0 atom stereocenters. The summed E-state index contributed by atoms with van der Waals surface area (Å²) < 4.78 is 6.39. The van der Waals surface area contributed by atoms with Gasteiger partial charge in [0, 0.05) is 25.3 Å². The number of methoxy groups -OCH3 is 1. The molecule has 1 fully saturated rings. The smallest absolute Gasteiger partial charge is 0.359 e. The Bertz CT molecular complexity index is 679. The predicted molar refractivity (Wildman–Crippen MR) is 69.0 cm³/mol. The van der Waals surface area contributed by atoms with Gasteiger partial charge in [0.25, 0.3) is 0 Å². The maximum Gasteiger partial charge on any atom is 0.359 e. The quantitative estimate of drug-likeness (QED) is 0.771. The summed E-state index contributed by atoms with van der Waals surface area (Å²) in [6.45, 7) is 0. The Morgan fingerprint density at radius 1 is 1.42 bits per heavy atom. The molecule has 1 saturated carbocycles. The number of aryl methyl sites for hydroxylation is 1. The van der Waals surface area contributed by atoms with Gasteiger partial charge in [0.1, 0.15) is 5.78 Å². The van der Waals surface area contributed by atoms with Crippen LogP contribution in [-0.4, -0.2) is 28.6 Å². The van der Waals surface area contributed by atoms with Gasteiger partial charge in [0.05, 0.1) is 12.6 Å². The number of Topliss-reactive ketones (excluding diaryl/α,β-unsaturated/α-hetero) is 1. The monoisotopic (exact) mass is 258 g/mol. The fourth-order valence-corrected chi connectivity index (χ4v) is 2.50. The van der Waals surface area contributed by atoms with Crippen LogP contribution in [0.25, 0.3) is 10.9 Å². The minimum atomic E-state index is -0.433. The zero-order chi connectivity index (χ0) is 13.6. The first-order chi connectivity index (χ1) is 9.10. The number of hydrogen-bond donors (Lipinski definition) is 0. The molecule has 0 saturated heterocycles. The van der Waals surface area contributed by atoms with E-state index < -0.39 is 5.97 Å². The second-order valence-corrected chi connectivity index (χ2v) is 4.88. The molecule has 1 heterocycles. The highest BCUT2D eigenvalue weighted by Gasteiger charge is 2.28. The van der Waals surface area contributed by atoms with Crippen LogP contribution < -0.4 is 0 Å². The van der Waals surface area contributed by atoms with Gasteiger partial charge in [-0.25, -0.2) is 4.79 Å². The number of ether oxygens (including phenoxy) is 1. The van der Waals surface area contributed by atoms with Crippen LogP contribution in [0.3, 0.4) is 0 Å². The second kappa shape index (κ2) is 4.19. The van der Waals surface area contributed by atoms with Gasteiger partial charge in [-0.3, -0.25) is 9.48 Å². The highest BCUT2D eigenvalue weighted by atomic mass is 16.5. The number of carbonyl (C=O) groups is 2. The third kappa shape index (κ3) is 1.82. The molecule has 2 aromatic rings. The molecule has 0 amide bonds. The SMILES string of the molecule is COC(=O)c1nn(C)c2cc(C3CC(=O)C3)ccc12. The van der Waals surface area contributed by atoms with Gasteiger partial charge in [-0.15, -0.1) is 0 Å². The summed E-state index contributed by atoms with van der Waals surface area (Å²) in [7, 11) is 3.14. The topological polar surface area (TPSA) is 61.2 Å². The van der Waals surface area contributed by atoms with Gasteiger partial charge in [-0.1, -0.05) is 12.1 Å². The van der Waals surface area contributed by atoms with E-state index in [1.165, 1.54) is 7.11 Å². The van der Waals surface area contributed by atoms with E-state index in [1.807, 2.05) is 18.2 Å². The number of hydrogen-bond acceptors (Lipinski definition) is 4. The minimum Gasteiger partial charge on any atom is -0.464 e. The minimum absolute atomic E-state index is 0.311. The molecule has 5 heteroatoms. The summed E-state index contributed by atoms with van der Waals surface area (Å²) in [4.78, 5) is 22.7. The Labute approximate surface area is 110 Å². The lowest BCUT2D eigenvalue weighted by Gasteiger charge is -2.24. The molecule has 0 bridgehead atoms. The van der Waals surface area contributed by atoms with Crippen LogP contribution in [0, 0.1) is 0 Å². The van der Waals surface area contributed by atoms with E-state index in [9.17, 15) is 9.59 Å². The fraction of sp³-hybridized carbons (Fsp3) is 0.357. The van der Waals surface area contributed by atoms with Crippen molar-refractivity contribution in [3.05, 3.63) is 29.5 Å². The Kier molecular flexibility index (Phi) is 2.62. The zero-order valence-corrected chi connectivity index (χ0v) is 10.8. The number of esters is 1. The van der Waals surface area contributed by atoms with E-state index >= 15 is 0 Å². The van der Waals surface area contributed by atoms with E-state index in [0.29, 0.717) is 30.2 Å². The molecular formula is C14H14N2O3. The number of carbonyl (C=O) groups excluding carboxylic acids is 2. The normalized spacial score (nSPS) is 15.6. The number of benzene rings is 1. The van der Waals surface area contributed by atoms with Crippen molar-refractivity contribution in [3.8, 4) is 0 Å². The van der Waals surface area contributed by atoms with Crippen LogP contribution in [0.1, 0.15) is 34.8 Å². The van der Waals surface area contributed by atoms with Crippen molar-refractivity contribution >= 4 is 22.7 Å². The van der Waals surface area contributed by atoms with Crippen molar-refractivity contribution in [1.82, 2.24) is 9.78 Å². The van der Waals surface area contributed by atoms with Gasteiger partial charge in [-0.2, -0.15) is 5.10 Å². The summed E-state index contributed by atoms with van der Waals surface area (Å²) in [6, 6.07) is 5.85. The number of nitrogens with zero attached hydrogens (tertiary/aromatic N) is 2. The largest absolute Gasteiger partial charge is 0.464 e. The fourth-order valence-electron chi connectivity index (χ4n) is 2.50. The molecule has 0 N–H and O–H groups in total. The molecule has 0 aliphatic heterocycles. The molecule has 0 unspecified atom stereocenters. The van der Waals surface area contributed by atoms with Crippen LogP contribution in [-0.2, 0) is 16.6 Å². The Morgan fingerprint density at radius 3 is 2.79 bits per heavy atom. The van der Waals surface area contributed by atoms with Gasteiger partial charge in [-0.05, 0) is 17.5 Å². The average molecular weight is 258 g/mol. The van der Waals surface area contributed by atoms with Crippen molar-refractivity contribution in [3.63, 3.8) is 0 Å². The van der Waals surface area contributed by atoms with E-state index in [-0.39, 0.29) is 0 Å². The molecule has 5 nitrogen and oxygen atoms in total. The number of ketones is 1. The molecule has 0 radical (unpaired) electrons. The highest BCUT2D eigenvalue weighted by Crippen LogP contribution is 2.35. The molecule has 0 spiro atoms. The van der Waals surface area contributed by atoms with Gasteiger partial charge in [0.2, 0.25) is 0 Å².